The van der Waals surface area contributed by atoms with Gasteiger partial charge in [-0.3, -0.25) is 0 Å². The zero-order valence-corrected chi connectivity index (χ0v) is 4.07. The Balaban J connectivity index is 2.19. The summed E-state index contributed by atoms with van der Waals surface area (Å²) in [5.41, 5.74) is 2.47. The Hall–Kier alpha value is 0.430. The molecule has 5 heavy (non-hydrogen) atoms. The molecule has 1 saturated carbocycles. The first-order valence-corrected chi connectivity index (χ1v) is 3.37. The maximum Gasteiger partial charge on any atom is -0.0222 e. The first-order valence-electron chi connectivity index (χ1n) is 2.21. The highest BCUT2D eigenvalue weighted by molar-refractivity contribution is 7.43. The van der Waals surface area contributed by atoms with E-state index in [4.69, 9.17) is 0 Å². The Morgan fingerprint density at radius 2 is 1.40 bits per heavy atom. The molecule has 2 bridgehead atoms. The molecule has 2 saturated heterocycles. The van der Waals surface area contributed by atoms with Gasteiger partial charge in [-0.1, -0.05) is 0 Å². The first kappa shape index (κ1) is 2.58. The third kappa shape index (κ3) is 0.169. The van der Waals surface area contributed by atoms with Crippen LogP contribution in [-0.4, -0.2) is 11.3 Å². The number of hydrogen-bond acceptors (Lipinski definition) is 0. The van der Waals surface area contributed by atoms with Gasteiger partial charge in [-0.15, -0.1) is 8.58 Å². The molecule has 3 fully saturated rings. The van der Waals surface area contributed by atoms with E-state index < -0.39 is 0 Å². The fourth-order valence-corrected chi connectivity index (χ4v) is 2.37. The minimum absolute atomic E-state index is 1.24. The average Bonchev–Trinajstić information content (AvgIpc) is 0.592. The van der Waals surface area contributed by atoms with E-state index in [2.05, 4.69) is 0 Å². The van der Waals surface area contributed by atoms with Gasteiger partial charge in [-0.2, -0.15) is 0 Å². The molecule has 0 atom stereocenters. The van der Waals surface area contributed by atoms with E-state index in [0.29, 0.717) is 0 Å². The smallest absolute Gasteiger partial charge is 0.0222 e. The van der Waals surface area contributed by atoms with Crippen LogP contribution >= 0.6 is 8.58 Å². The predicted molar refractivity (Wildman–Crippen MR) is 25.1 cm³/mol. The minimum Gasteiger partial charge on any atom is -0.116 e. The fraction of sp³-hybridized carbons (Fsp3) is 1.00. The Morgan fingerprint density at radius 3 is 1.40 bits per heavy atom. The molecular weight excluding hydrogens is 79.0 g/mol. The van der Waals surface area contributed by atoms with E-state index in [1.54, 1.807) is 12.8 Å². The highest BCUT2D eigenvalue weighted by Gasteiger charge is 2.41. The molecule has 0 amide bonds. The van der Waals surface area contributed by atoms with Gasteiger partial charge in [0.1, 0.15) is 0 Å². The van der Waals surface area contributed by atoms with Crippen molar-refractivity contribution in [3.63, 3.8) is 0 Å². The van der Waals surface area contributed by atoms with E-state index in [1.165, 1.54) is 19.9 Å². The van der Waals surface area contributed by atoms with Crippen molar-refractivity contribution in [2.24, 2.45) is 0 Å². The molecule has 2 heterocycles. The van der Waals surface area contributed by atoms with Crippen molar-refractivity contribution < 1.29 is 0 Å². The molecule has 0 aromatic rings. The van der Waals surface area contributed by atoms with Gasteiger partial charge in [0.05, 0.1) is 0 Å². The molecule has 3 aliphatic rings. The molecule has 1 heteroatoms. The van der Waals surface area contributed by atoms with Crippen LogP contribution < -0.4 is 0 Å². The Bertz CT molecular complexity index is 40.4. The van der Waals surface area contributed by atoms with Crippen molar-refractivity contribution in [2.75, 3.05) is 0 Å². The summed E-state index contributed by atoms with van der Waals surface area (Å²) in [6, 6.07) is 0. The van der Waals surface area contributed by atoms with Crippen molar-refractivity contribution in [1.29, 1.82) is 0 Å². The van der Waals surface area contributed by atoms with E-state index in [9.17, 15) is 0 Å². The predicted octanol–water partition coefficient (Wildman–Crippen LogP) is 1.21. The van der Waals surface area contributed by atoms with E-state index in [0.717, 1.165) is 0 Å². The molecular formula is C4H7P. The van der Waals surface area contributed by atoms with Gasteiger partial charge in [0.15, 0.2) is 0 Å². The Morgan fingerprint density at radius 1 is 1.20 bits per heavy atom. The Kier molecular flexibility index (Phi) is 0.302. The van der Waals surface area contributed by atoms with Crippen LogP contribution in [0.3, 0.4) is 0 Å². The van der Waals surface area contributed by atoms with Crippen LogP contribution in [-0.2, 0) is 0 Å². The van der Waals surface area contributed by atoms with E-state index in [-0.39, 0.29) is 0 Å². The summed E-state index contributed by atoms with van der Waals surface area (Å²) in [5, 5.41) is 0. The lowest BCUT2D eigenvalue weighted by Gasteiger charge is -2.49. The van der Waals surface area contributed by atoms with Gasteiger partial charge in [0.25, 0.3) is 0 Å². The highest BCUT2D eigenvalue weighted by atomic mass is 31.1. The minimum atomic E-state index is 1.24. The summed E-state index contributed by atoms with van der Waals surface area (Å²) in [6.45, 7) is 0. The molecule has 28 valence electrons. The standard InChI is InChI=1S/C4H7P/c1-3-2-4(1)5-3/h3-5H,1-2H2. The SMILES string of the molecule is C1C2CC1P2. The average molecular weight is 86.1 g/mol. The largest absolute Gasteiger partial charge is 0.116 e. The molecule has 0 nitrogen and oxygen atoms in total. The van der Waals surface area contributed by atoms with Gasteiger partial charge in [-0.05, 0) is 24.2 Å². The first-order chi connectivity index (χ1) is 2.45. The molecule has 0 unspecified atom stereocenters. The second-order valence-corrected chi connectivity index (χ2v) is 4.00. The lowest BCUT2D eigenvalue weighted by atomic mass is 9.96. The van der Waals surface area contributed by atoms with Crippen LogP contribution in [0.25, 0.3) is 0 Å². The van der Waals surface area contributed by atoms with Crippen molar-refractivity contribution in [2.45, 2.75) is 24.2 Å². The molecule has 1 aliphatic carbocycles. The summed E-state index contributed by atoms with van der Waals surface area (Å²) in [4.78, 5) is 0. The van der Waals surface area contributed by atoms with Crippen molar-refractivity contribution in [1.82, 2.24) is 0 Å². The lowest BCUT2D eigenvalue weighted by molar-refractivity contribution is 0.463. The van der Waals surface area contributed by atoms with Gasteiger partial charge < -0.3 is 0 Å². The fourth-order valence-electron chi connectivity index (χ4n) is 0.902. The highest BCUT2D eigenvalue weighted by Crippen LogP contribution is 2.59. The normalized spacial score (nSPS) is 62.4. The van der Waals surface area contributed by atoms with Crippen molar-refractivity contribution in [3.05, 3.63) is 0 Å². The summed E-state index contributed by atoms with van der Waals surface area (Å²) >= 11 is 0. The molecule has 2 aliphatic heterocycles. The quantitative estimate of drug-likeness (QED) is 0.389. The molecule has 0 spiro atoms. The third-order valence-electron chi connectivity index (χ3n) is 1.61. The van der Waals surface area contributed by atoms with Crippen molar-refractivity contribution >= 4 is 8.58 Å². The number of hydrogen-bond donors (Lipinski definition) is 0. The number of rotatable bonds is 0. The van der Waals surface area contributed by atoms with Crippen LogP contribution in [0.4, 0.5) is 0 Å². The summed E-state index contributed by atoms with van der Waals surface area (Å²) in [7, 11) is 1.39. The van der Waals surface area contributed by atoms with Crippen LogP contribution in [0.2, 0.25) is 0 Å². The van der Waals surface area contributed by atoms with Crippen molar-refractivity contribution in [3.8, 4) is 0 Å². The zero-order valence-electron chi connectivity index (χ0n) is 3.07. The summed E-state index contributed by atoms with van der Waals surface area (Å²) in [6.07, 6.45) is 3.19. The maximum atomic E-state index is 1.60. The van der Waals surface area contributed by atoms with Gasteiger partial charge in [0, 0.05) is 0 Å². The second kappa shape index (κ2) is 0.586. The topological polar surface area (TPSA) is 0 Å². The van der Waals surface area contributed by atoms with Gasteiger partial charge in [-0.25, -0.2) is 0 Å². The van der Waals surface area contributed by atoms with E-state index in [1.807, 2.05) is 0 Å². The second-order valence-electron chi connectivity index (χ2n) is 2.03. The lowest BCUT2D eigenvalue weighted by Crippen LogP contribution is -2.39. The molecule has 0 radical (unpaired) electrons. The molecule has 3 rings (SSSR count). The summed E-state index contributed by atoms with van der Waals surface area (Å²) < 4.78 is 0. The van der Waals surface area contributed by atoms with Crippen LogP contribution in [0.5, 0.6) is 0 Å². The van der Waals surface area contributed by atoms with Gasteiger partial charge in [0.2, 0.25) is 0 Å². The van der Waals surface area contributed by atoms with Crippen LogP contribution in [0, 0.1) is 0 Å². The summed E-state index contributed by atoms with van der Waals surface area (Å²) in [5.74, 6) is 0. The maximum absolute atomic E-state index is 1.60. The van der Waals surface area contributed by atoms with E-state index >= 15 is 0 Å². The van der Waals surface area contributed by atoms with Crippen LogP contribution in [0.1, 0.15) is 12.8 Å². The molecule has 0 N–H and O–H groups in total. The zero-order chi connectivity index (χ0) is 3.28. The van der Waals surface area contributed by atoms with Gasteiger partial charge >= 0.3 is 0 Å². The van der Waals surface area contributed by atoms with Crippen LogP contribution in [0.15, 0.2) is 0 Å². The monoisotopic (exact) mass is 86.0 g/mol. The molecule has 0 aromatic carbocycles. The third-order valence-corrected chi connectivity index (χ3v) is 3.50. The Labute approximate surface area is 33.7 Å². The molecule has 0 aromatic heterocycles.